The second-order valence-electron chi connectivity index (χ2n) is 4.17. The van der Waals surface area contributed by atoms with Gasteiger partial charge in [0.25, 0.3) is 0 Å². The molecule has 6 nitrogen and oxygen atoms in total. The molecule has 0 spiro atoms. The van der Waals surface area contributed by atoms with E-state index in [4.69, 9.17) is 5.11 Å². The van der Waals surface area contributed by atoms with Gasteiger partial charge in [-0.2, -0.15) is 0 Å². The Morgan fingerprint density at radius 2 is 1.88 bits per heavy atom. The molecule has 0 aromatic carbocycles. The van der Waals surface area contributed by atoms with E-state index in [-0.39, 0.29) is 31.1 Å². The van der Waals surface area contributed by atoms with E-state index >= 15 is 0 Å². The third-order valence-corrected chi connectivity index (χ3v) is 2.09. The van der Waals surface area contributed by atoms with Crippen molar-refractivity contribution in [1.29, 1.82) is 0 Å². The number of rotatable bonds is 7. The lowest BCUT2D eigenvalue weighted by Crippen LogP contribution is -2.41. The average Bonchev–Trinajstić information content (AvgIpc) is 2.22. The van der Waals surface area contributed by atoms with Crippen LogP contribution in [0.15, 0.2) is 0 Å². The van der Waals surface area contributed by atoms with Gasteiger partial charge in [-0.3, -0.25) is 9.59 Å². The summed E-state index contributed by atoms with van der Waals surface area (Å²) in [6.45, 7) is 3.73. The number of hydrogen-bond donors (Lipinski definition) is 2. The minimum Gasteiger partial charge on any atom is -0.480 e. The van der Waals surface area contributed by atoms with Crippen molar-refractivity contribution in [1.82, 2.24) is 5.32 Å². The summed E-state index contributed by atoms with van der Waals surface area (Å²) in [4.78, 5) is 33.1. The maximum Gasteiger partial charge on any atom is 0.326 e. The van der Waals surface area contributed by atoms with Gasteiger partial charge >= 0.3 is 11.9 Å². The van der Waals surface area contributed by atoms with E-state index in [1.54, 1.807) is 0 Å². The number of ether oxygens (including phenoxy) is 1. The standard InChI is InChI=1S/C11H19NO5/c1-7(2)6-9(13)12-8(11(15)16)4-5-10(14)17-3/h7-8H,4-6H2,1-3H3,(H,12,13)(H,15,16). The van der Waals surface area contributed by atoms with Crippen LogP contribution in [0.5, 0.6) is 0 Å². The molecule has 98 valence electrons. The van der Waals surface area contributed by atoms with Crippen LogP contribution in [0.25, 0.3) is 0 Å². The Morgan fingerprint density at radius 1 is 1.29 bits per heavy atom. The summed E-state index contributed by atoms with van der Waals surface area (Å²) >= 11 is 0. The van der Waals surface area contributed by atoms with Crippen LogP contribution < -0.4 is 5.32 Å². The molecule has 1 amide bonds. The summed E-state index contributed by atoms with van der Waals surface area (Å²) in [6, 6.07) is -1.04. The van der Waals surface area contributed by atoms with Gasteiger partial charge in [0.1, 0.15) is 6.04 Å². The monoisotopic (exact) mass is 245 g/mol. The van der Waals surface area contributed by atoms with Crippen LogP contribution in [0.3, 0.4) is 0 Å². The predicted molar refractivity (Wildman–Crippen MR) is 60.3 cm³/mol. The molecule has 0 aromatic heterocycles. The maximum atomic E-state index is 11.4. The van der Waals surface area contributed by atoms with Crippen molar-refractivity contribution in [2.24, 2.45) is 5.92 Å². The Bertz CT molecular complexity index is 288. The van der Waals surface area contributed by atoms with Gasteiger partial charge < -0.3 is 15.2 Å². The van der Waals surface area contributed by atoms with E-state index in [1.165, 1.54) is 7.11 Å². The lowest BCUT2D eigenvalue weighted by molar-refractivity contribution is -0.144. The number of nitrogens with one attached hydrogen (secondary N) is 1. The molecule has 0 aliphatic heterocycles. The molecule has 6 heteroatoms. The number of carboxylic acid groups (broad SMARTS) is 1. The Kier molecular flexibility index (Phi) is 6.93. The molecule has 0 heterocycles. The summed E-state index contributed by atoms with van der Waals surface area (Å²) in [5.41, 5.74) is 0. The quantitative estimate of drug-likeness (QED) is 0.639. The van der Waals surface area contributed by atoms with Crippen molar-refractivity contribution in [3.63, 3.8) is 0 Å². The predicted octanol–water partition coefficient (Wildman–Crippen LogP) is 0.555. The fourth-order valence-electron chi connectivity index (χ4n) is 1.25. The zero-order valence-electron chi connectivity index (χ0n) is 10.4. The van der Waals surface area contributed by atoms with Crippen molar-refractivity contribution in [2.75, 3.05) is 7.11 Å². The molecule has 0 fully saturated rings. The largest absolute Gasteiger partial charge is 0.480 e. The number of methoxy groups -OCH3 is 1. The number of carboxylic acids is 1. The van der Waals surface area contributed by atoms with Crippen molar-refractivity contribution in [3.8, 4) is 0 Å². The van der Waals surface area contributed by atoms with Crippen LogP contribution in [0, 0.1) is 5.92 Å². The van der Waals surface area contributed by atoms with Crippen molar-refractivity contribution in [3.05, 3.63) is 0 Å². The van der Waals surface area contributed by atoms with Crippen molar-refractivity contribution in [2.45, 2.75) is 39.2 Å². The Balaban J connectivity index is 4.20. The van der Waals surface area contributed by atoms with Gasteiger partial charge in [-0.15, -0.1) is 0 Å². The molecule has 0 saturated carbocycles. The van der Waals surface area contributed by atoms with Gasteiger partial charge in [-0.1, -0.05) is 13.8 Å². The highest BCUT2D eigenvalue weighted by Crippen LogP contribution is 2.03. The third kappa shape index (κ3) is 7.32. The average molecular weight is 245 g/mol. The van der Waals surface area contributed by atoms with Crippen LogP contribution >= 0.6 is 0 Å². The molecule has 0 aromatic rings. The van der Waals surface area contributed by atoms with Crippen LogP contribution in [-0.4, -0.2) is 36.1 Å². The second-order valence-corrected chi connectivity index (χ2v) is 4.17. The summed E-state index contributed by atoms with van der Waals surface area (Å²) < 4.78 is 4.41. The topological polar surface area (TPSA) is 92.7 Å². The summed E-state index contributed by atoms with van der Waals surface area (Å²) in [7, 11) is 1.23. The van der Waals surface area contributed by atoms with Crippen LogP contribution in [0.4, 0.5) is 0 Å². The minimum absolute atomic E-state index is 0.0323. The van der Waals surface area contributed by atoms with E-state index in [1.807, 2.05) is 13.8 Å². The molecule has 1 atom stereocenters. The van der Waals surface area contributed by atoms with Gasteiger partial charge in [-0.05, 0) is 12.3 Å². The van der Waals surface area contributed by atoms with E-state index < -0.39 is 18.0 Å². The van der Waals surface area contributed by atoms with Crippen LogP contribution in [0.2, 0.25) is 0 Å². The zero-order chi connectivity index (χ0) is 13.4. The van der Waals surface area contributed by atoms with Crippen molar-refractivity contribution >= 4 is 17.8 Å². The summed E-state index contributed by atoms with van der Waals surface area (Å²) in [5.74, 6) is -1.80. The first-order valence-electron chi connectivity index (χ1n) is 5.45. The number of esters is 1. The molecule has 0 rings (SSSR count). The van der Waals surface area contributed by atoms with E-state index in [2.05, 4.69) is 10.1 Å². The highest BCUT2D eigenvalue weighted by Gasteiger charge is 2.21. The first-order chi connectivity index (χ1) is 7.86. The van der Waals surface area contributed by atoms with Crippen LogP contribution in [-0.2, 0) is 19.1 Å². The molecular formula is C11H19NO5. The zero-order valence-corrected chi connectivity index (χ0v) is 10.4. The van der Waals surface area contributed by atoms with Gasteiger partial charge in [0.05, 0.1) is 7.11 Å². The number of aliphatic carboxylic acids is 1. The fraction of sp³-hybridized carbons (Fsp3) is 0.727. The first-order valence-corrected chi connectivity index (χ1v) is 5.45. The van der Waals surface area contributed by atoms with Crippen molar-refractivity contribution < 1.29 is 24.2 Å². The lowest BCUT2D eigenvalue weighted by atomic mass is 10.1. The molecule has 2 N–H and O–H groups in total. The Morgan fingerprint density at radius 3 is 2.29 bits per heavy atom. The molecule has 0 aliphatic carbocycles. The van der Waals surface area contributed by atoms with E-state index in [9.17, 15) is 14.4 Å². The van der Waals surface area contributed by atoms with Gasteiger partial charge in [0, 0.05) is 12.8 Å². The smallest absolute Gasteiger partial charge is 0.326 e. The number of hydrogen-bond acceptors (Lipinski definition) is 4. The molecule has 1 unspecified atom stereocenters. The van der Waals surface area contributed by atoms with Crippen LogP contribution in [0.1, 0.15) is 33.1 Å². The third-order valence-electron chi connectivity index (χ3n) is 2.09. The number of carbonyl (C=O) groups excluding carboxylic acids is 2. The highest BCUT2D eigenvalue weighted by atomic mass is 16.5. The molecule has 0 radical (unpaired) electrons. The summed E-state index contributed by atoms with van der Waals surface area (Å²) in [5, 5.41) is 11.3. The normalized spacial score (nSPS) is 12.0. The van der Waals surface area contributed by atoms with E-state index in [0.29, 0.717) is 0 Å². The molecule has 0 saturated heterocycles. The number of carbonyl (C=O) groups is 3. The molecule has 0 bridgehead atoms. The van der Waals surface area contributed by atoms with Gasteiger partial charge in [0.2, 0.25) is 5.91 Å². The Hall–Kier alpha value is -1.59. The molecular weight excluding hydrogens is 226 g/mol. The minimum atomic E-state index is -1.15. The summed E-state index contributed by atoms with van der Waals surface area (Å²) in [6.07, 6.45) is 0.267. The van der Waals surface area contributed by atoms with Gasteiger partial charge in [-0.25, -0.2) is 4.79 Å². The fourth-order valence-corrected chi connectivity index (χ4v) is 1.25. The first kappa shape index (κ1) is 15.4. The Labute approximate surface area is 100 Å². The van der Waals surface area contributed by atoms with Gasteiger partial charge in [0.15, 0.2) is 0 Å². The molecule has 0 aliphatic rings. The maximum absolute atomic E-state index is 11.4. The second kappa shape index (κ2) is 7.65. The highest BCUT2D eigenvalue weighted by molar-refractivity contribution is 5.84. The van der Waals surface area contributed by atoms with E-state index in [0.717, 1.165) is 0 Å². The molecule has 17 heavy (non-hydrogen) atoms. The lowest BCUT2D eigenvalue weighted by Gasteiger charge is -2.14. The SMILES string of the molecule is COC(=O)CCC(NC(=O)CC(C)C)C(=O)O. The number of amides is 1.